The first-order valence-electron chi connectivity index (χ1n) is 6.01. The predicted molar refractivity (Wildman–Crippen MR) is 71.7 cm³/mol. The number of anilines is 1. The minimum absolute atomic E-state index is 0.623. The lowest BCUT2D eigenvalue weighted by Crippen LogP contribution is -2.26. The monoisotopic (exact) mass is 248 g/mol. The van der Waals surface area contributed by atoms with Crippen molar-refractivity contribution in [3.05, 3.63) is 22.9 Å². The van der Waals surface area contributed by atoms with E-state index in [4.69, 9.17) is 10.00 Å². The van der Waals surface area contributed by atoms with Gasteiger partial charge in [-0.05, 0) is 25.5 Å². The lowest BCUT2D eigenvalue weighted by atomic mass is 10.1. The molecule has 0 saturated heterocycles. The molecule has 0 fully saturated rings. The van der Waals surface area contributed by atoms with Crippen LogP contribution in [0.25, 0.3) is 0 Å². The van der Waals surface area contributed by atoms with Gasteiger partial charge in [-0.15, -0.1) is 0 Å². The van der Waals surface area contributed by atoms with Gasteiger partial charge in [0.25, 0.3) is 0 Å². The molecule has 1 aromatic rings. The summed E-state index contributed by atoms with van der Waals surface area (Å²) in [7, 11) is 1.68. The first kappa shape index (κ1) is 14.4. The van der Waals surface area contributed by atoms with E-state index in [2.05, 4.69) is 21.7 Å². The molecule has 1 rings (SSSR count). The van der Waals surface area contributed by atoms with Gasteiger partial charge in [0, 0.05) is 32.4 Å². The van der Waals surface area contributed by atoms with Crippen LogP contribution in [-0.2, 0) is 4.74 Å². The molecule has 0 aliphatic rings. The Bertz CT molecular complexity index is 426. The summed E-state index contributed by atoms with van der Waals surface area (Å²) in [5, 5.41) is 15.5. The van der Waals surface area contributed by atoms with Gasteiger partial charge in [0.05, 0.1) is 12.2 Å². The number of hydrogen-bond acceptors (Lipinski definition) is 5. The number of hydrogen-bond donors (Lipinski definition) is 2. The molecule has 0 bridgehead atoms. The summed E-state index contributed by atoms with van der Waals surface area (Å²) in [6.45, 7) is 6.91. The Morgan fingerprint density at radius 3 is 2.78 bits per heavy atom. The third-order valence-electron chi connectivity index (χ3n) is 2.53. The van der Waals surface area contributed by atoms with Crippen LogP contribution in [0.1, 0.15) is 16.8 Å². The first-order valence-corrected chi connectivity index (χ1v) is 6.01. The number of ether oxygens (including phenoxy) is 1. The fraction of sp³-hybridized carbons (Fsp3) is 0.538. The summed E-state index contributed by atoms with van der Waals surface area (Å²) in [6.07, 6.45) is 0. The maximum atomic E-state index is 9.10. The standard InChI is InChI=1S/C13H20N4O/c1-10-8-11(2)17-13(12(10)9-14)16-5-4-15-6-7-18-3/h8,15H,4-7H2,1-3H3,(H,16,17). The molecule has 0 amide bonds. The van der Waals surface area contributed by atoms with E-state index in [1.807, 2.05) is 19.9 Å². The molecule has 0 radical (unpaired) electrons. The van der Waals surface area contributed by atoms with Crippen LogP contribution < -0.4 is 10.6 Å². The molecule has 1 heterocycles. The number of rotatable bonds is 7. The van der Waals surface area contributed by atoms with Gasteiger partial charge in [0.1, 0.15) is 11.9 Å². The van der Waals surface area contributed by atoms with Crippen molar-refractivity contribution in [2.75, 3.05) is 38.7 Å². The molecule has 18 heavy (non-hydrogen) atoms. The second-order valence-electron chi connectivity index (χ2n) is 4.09. The molecule has 0 aliphatic heterocycles. The van der Waals surface area contributed by atoms with Crippen LogP contribution in [0.4, 0.5) is 5.82 Å². The Labute approximate surface area is 108 Å². The van der Waals surface area contributed by atoms with Crippen molar-refractivity contribution in [3.63, 3.8) is 0 Å². The summed E-state index contributed by atoms with van der Waals surface area (Å²) < 4.78 is 4.94. The Morgan fingerprint density at radius 1 is 1.33 bits per heavy atom. The minimum Gasteiger partial charge on any atom is -0.383 e. The number of nitriles is 1. The van der Waals surface area contributed by atoms with Crippen molar-refractivity contribution in [1.29, 1.82) is 5.26 Å². The van der Waals surface area contributed by atoms with E-state index < -0.39 is 0 Å². The maximum Gasteiger partial charge on any atom is 0.144 e. The quantitative estimate of drug-likeness (QED) is 0.710. The molecule has 1 aromatic heterocycles. The van der Waals surface area contributed by atoms with Gasteiger partial charge in [-0.1, -0.05) is 0 Å². The molecule has 2 N–H and O–H groups in total. The number of methoxy groups -OCH3 is 1. The average molecular weight is 248 g/mol. The largest absolute Gasteiger partial charge is 0.383 e. The second kappa shape index (κ2) is 7.64. The second-order valence-corrected chi connectivity index (χ2v) is 4.09. The normalized spacial score (nSPS) is 10.1. The van der Waals surface area contributed by atoms with E-state index in [0.717, 1.165) is 30.9 Å². The van der Waals surface area contributed by atoms with E-state index in [-0.39, 0.29) is 0 Å². The summed E-state index contributed by atoms with van der Waals surface area (Å²) in [5.74, 6) is 0.670. The fourth-order valence-corrected chi connectivity index (χ4v) is 1.67. The van der Waals surface area contributed by atoms with Crippen molar-refractivity contribution in [2.45, 2.75) is 13.8 Å². The third-order valence-corrected chi connectivity index (χ3v) is 2.53. The molecule has 0 unspecified atom stereocenters. The molecule has 5 nitrogen and oxygen atoms in total. The zero-order valence-corrected chi connectivity index (χ0v) is 11.2. The van der Waals surface area contributed by atoms with Crippen LogP contribution in [0.3, 0.4) is 0 Å². The molecule has 0 atom stereocenters. The van der Waals surface area contributed by atoms with Gasteiger partial charge in [-0.2, -0.15) is 5.26 Å². The zero-order chi connectivity index (χ0) is 13.4. The molecular formula is C13H20N4O. The summed E-state index contributed by atoms with van der Waals surface area (Å²) in [5.41, 5.74) is 2.50. The Balaban J connectivity index is 2.49. The van der Waals surface area contributed by atoms with E-state index in [1.54, 1.807) is 7.11 Å². The summed E-state index contributed by atoms with van der Waals surface area (Å²) in [6, 6.07) is 4.10. The molecule has 0 saturated carbocycles. The van der Waals surface area contributed by atoms with Crippen molar-refractivity contribution in [1.82, 2.24) is 10.3 Å². The SMILES string of the molecule is COCCNCCNc1nc(C)cc(C)c1C#N. The van der Waals surface area contributed by atoms with Gasteiger partial charge >= 0.3 is 0 Å². The molecule has 98 valence electrons. The van der Waals surface area contributed by atoms with E-state index in [0.29, 0.717) is 18.0 Å². The van der Waals surface area contributed by atoms with Crippen LogP contribution >= 0.6 is 0 Å². The van der Waals surface area contributed by atoms with Gasteiger partial charge in [0.15, 0.2) is 0 Å². The van der Waals surface area contributed by atoms with E-state index in [1.165, 1.54) is 0 Å². The summed E-state index contributed by atoms with van der Waals surface area (Å²) >= 11 is 0. The third kappa shape index (κ3) is 4.32. The Morgan fingerprint density at radius 2 is 2.11 bits per heavy atom. The van der Waals surface area contributed by atoms with Crippen molar-refractivity contribution in [3.8, 4) is 6.07 Å². The smallest absolute Gasteiger partial charge is 0.144 e. The van der Waals surface area contributed by atoms with Crippen molar-refractivity contribution >= 4 is 5.82 Å². The van der Waals surface area contributed by atoms with Crippen LogP contribution in [0.15, 0.2) is 6.07 Å². The predicted octanol–water partition coefficient (Wildman–Crippen LogP) is 1.22. The Kier molecular flexibility index (Phi) is 6.12. The van der Waals surface area contributed by atoms with Crippen LogP contribution in [-0.4, -0.2) is 38.3 Å². The maximum absolute atomic E-state index is 9.10. The number of nitrogens with zero attached hydrogens (tertiary/aromatic N) is 2. The molecule has 0 aromatic carbocycles. The number of pyridine rings is 1. The topological polar surface area (TPSA) is 70.0 Å². The van der Waals surface area contributed by atoms with Gasteiger partial charge < -0.3 is 15.4 Å². The van der Waals surface area contributed by atoms with Crippen LogP contribution in [0, 0.1) is 25.2 Å². The number of nitrogens with one attached hydrogen (secondary N) is 2. The fourth-order valence-electron chi connectivity index (χ4n) is 1.67. The first-order chi connectivity index (χ1) is 8.69. The van der Waals surface area contributed by atoms with Gasteiger partial charge in [-0.3, -0.25) is 0 Å². The highest BCUT2D eigenvalue weighted by Gasteiger charge is 2.07. The molecule has 0 spiro atoms. The highest BCUT2D eigenvalue weighted by Crippen LogP contribution is 2.16. The lowest BCUT2D eigenvalue weighted by molar-refractivity contribution is 0.200. The van der Waals surface area contributed by atoms with Crippen molar-refractivity contribution < 1.29 is 4.74 Å². The number of aryl methyl sites for hydroxylation is 2. The Hall–Kier alpha value is -1.64. The molecule has 5 heteroatoms. The average Bonchev–Trinajstić information content (AvgIpc) is 2.33. The number of aromatic nitrogens is 1. The van der Waals surface area contributed by atoms with Crippen LogP contribution in [0.2, 0.25) is 0 Å². The molecule has 0 aliphatic carbocycles. The highest BCUT2D eigenvalue weighted by atomic mass is 16.5. The highest BCUT2D eigenvalue weighted by molar-refractivity contribution is 5.56. The van der Waals surface area contributed by atoms with E-state index in [9.17, 15) is 0 Å². The van der Waals surface area contributed by atoms with Gasteiger partial charge in [0.2, 0.25) is 0 Å². The lowest BCUT2D eigenvalue weighted by Gasteiger charge is -2.10. The van der Waals surface area contributed by atoms with E-state index >= 15 is 0 Å². The molecular weight excluding hydrogens is 228 g/mol. The van der Waals surface area contributed by atoms with Crippen LogP contribution in [0.5, 0.6) is 0 Å². The zero-order valence-electron chi connectivity index (χ0n) is 11.2. The van der Waals surface area contributed by atoms with Gasteiger partial charge in [-0.25, -0.2) is 4.98 Å². The van der Waals surface area contributed by atoms with Crippen molar-refractivity contribution in [2.24, 2.45) is 0 Å². The summed E-state index contributed by atoms with van der Waals surface area (Å²) in [4.78, 5) is 4.35. The minimum atomic E-state index is 0.623.